The van der Waals surface area contributed by atoms with Gasteiger partial charge in [-0.25, -0.2) is 0 Å². The molecule has 0 unspecified atom stereocenters. The highest BCUT2D eigenvalue weighted by Gasteiger charge is 2.18. The van der Waals surface area contributed by atoms with Crippen molar-refractivity contribution in [2.24, 2.45) is 0 Å². The summed E-state index contributed by atoms with van der Waals surface area (Å²) in [5.41, 5.74) is 4.41. The van der Waals surface area contributed by atoms with Gasteiger partial charge in [-0.1, -0.05) is 12.1 Å². The Kier molecular flexibility index (Phi) is 2.83. The zero-order chi connectivity index (χ0) is 10.8. The Morgan fingerprint density at radius 3 is 2.81 bits per heavy atom. The number of hydrogen-bond acceptors (Lipinski definition) is 2. The Labute approximate surface area is 97.2 Å². The fourth-order valence-electron chi connectivity index (χ4n) is 2.83. The lowest BCUT2D eigenvalue weighted by atomic mass is 9.99. The Morgan fingerprint density at radius 2 is 1.94 bits per heavy atom. The number of piperidine rings is 1. The maximum atomic E-state index is 5.52. The van der Waals surface area contributed by atoms with Crippen LogP contribution in [0, 0.1) is 0 Å². The molecule has 1 saturated heterocycles. The van der Waals surface area contributed by atoms with E-state index in [1.165, 1.54) is 49.2 Å². The summed E-state index contributed by atoms with van der Waals surface area (Å²) in [6.07, 6.45) is 5.18. The van der Waals surface area contributed by atoms with Crippen LogP contribution in [0.3, 0.4) is 0 Å². The van der Waals surface area contributed by atoms with Crippen molar-refractivity contribution in [3.05, 3.63) is 29.3 Å². The van der Waals surface area contributed by atoms with Crippen LogP contribution in [-0.4, -0.2) is 19.7 Å². The molecule has 2 heteroatoms. The summed E-state index contributed by atoms with van der Waals surface area (Å²) in [6.45, 7) is 4.16. The highest BCUT2D eigenvalue weighted by Crippen LogP contribution is 2.29. The molecule has 2 aliphatic heterocycles. The van der Waals surface area contributed by atoms with Crippen LogP contribution in [0.25, 0.3) is 0 Å². The number of hydrogen-bond donors (Lipinski definition) is 0. The van der Waals surface area contributed by atoms with E-state index in [0.717, 1.165) is 19.6 Å². The number of anilines is 1. The van der Waals surface area contributed by atoms with Crippen LogP contribution < -0.4 is 4.90 Å². The van der Waals surface area contributed by atoms with Crippen LogP contribution in [0.15, 0.2) is 18.2 Å². The van der Waals surface area contributed by atoms with Gasteiger partial charge in [0, 0.05) is 18.8 Å². The fraction of sp³-hybridized carbons (Fsp3) is 0.571. The smallest absolute Gasteiger partial charge is 0.0720 e. The molecule has 0 spiro atoms. The lowest BCUT2D eigenvalue weighted by molar-refractivity contribution is 0.111. The van der Waals surface area contributed by atoms with Gasteiger partial charge in [-0.15, -0.1) is 0 Å². The molecule has 0 saturated carbocycles. The minimum Gasteiger partial charge on any atom is -0.376 e. The van der Waals surface area contributed by atoms with E-state index in [9.17, 15) is 0 Å². The summed E-state index contributed by atoms with van der Waals surface area (Å²) in [4.78, 5) is 2.56. The zero-order valence-electron chi connectivity index (χ0n) is 9.74. The van der Waals surface area contributed by atoms with Crippen LogP contribution in [0.1, 0.15) is 30.4 Å². The summed E-state index contributed by atoms with van der Waals surface area (Å²) < 4.78 is 5.52. The molecular weight excluding hydrogens is 198 g/mol. The fourth-order valence-corrected chi connectivity index (χ4v) is 2.83. The van der Waals surface area contributed by atoms with Crippen molar-refractivity contribution >= 4 is 5.69 Å². The van der Waals surface area contributed by atoms with Gasteiger partial charge in [0.2, 0.25) is 0 Å². The quantitative estimate of drug-likeness (QED) is 0.717. The number of fused-ring (bicyclic) bond motifs is 1. The molecular formula is C14H19NO. The van der Waals surface area contributed by atoms with Crippen molar-refractivity contribution in [1.82, 2.24) is 0 Å². The third-order valence-corrected chi connectivity index (χ3v) is 3.70. The monoisotopic (exact) mass is 217 g/mol. The Bertz CT molecular complexity index is 369. The number of rotatable bonds is 1. The van der Waals surface area contributed by atoms with E-state index in [-0.39, 0.29) is 0 Å². The Hall–Kier alpha value is -1.02. The SMILES string of the molecule is c1cc2c(c(N3CCCCC3)c1)CCOC2. The van der Waals surface area contributed by atoms with E-state index in [0.29, 0.717) is 0 Å². The molecule has 0 bridgehead atoms. The van der Waals surface area contributed by atoms with E-state index >= 15 is 0 Å². The van der Waals surface area contributed by atoms with Gasteiger partial charge in [0.1, 0.15) is 0 Å². The first-order valence-electron chi connectivity index (χ1n) is 6.38. The first kappa shape index (κ1) is 10.2. The highest BCUT2D eigenvalue weighted by molar-refractivity contribution is 5.57. The second kappa shape index (κ2) is 4.46. The van der Waals surface area contributed by atoms with Gasteiger partial charge in [0.15, 0.2) is 0 Å². The molecule has 1 aromatic rings. The lowest BCUT2D eigenvalue weighted by Gasteiger charge is -2.32. The summed E-state index contributed by atoms with van der Waals surface area (Å²) in [5, 5.41) is 0. The maximum Gasteiger partial charge on any atom is 0.0720 e. The minimum atomic E-state index is 0.803. The molecule has 0 radical (unpaired) electrons. The van der Waals surface area contributed by atoms with E-state index in [1.807, 2.05) is 0 Å². The second-order valence-electron chi connectivity index (χ2n) is 4.77. The molecule has 86 valence electrons. The number of nitrogens with zero attached hydrogens (tertiary/aromatic N) is 1. The summed E-state index contributed by atoms with van der Waals surface area (Å²) >= 11 is 0. The van der Waals surface area contributed by atoms with Crippen LogP contribution in [0.5, 0.6) is 0 Å². The summed E-state index contributed by atoms with van der Waals surface area (Å²) in [7, 11) is 0. The van der Waals surface area contributed by atoms with E-state index < -0.39 is 0 Å². The topological polar surface area (TPSA) is 12.5 Å². The molecule has 0 amide bonds. The predicted molar refractivity (Wildman–Crippen MR) is 65.9 cm³/mol. The van der Waals surface area contributed by atoms with Crippen molar-refractivity contribution in [3.8, 4) is 0 Å². The molecule has 2 aliphatic rings. The molecule has 0 aliphatic carbocycles. The molecule has 3 rings (SSSR count). The largest absolute Gasteiger partial charge is 0.376 e. The van der Waals surface area contributed by atoms with Crippen LogP contribution in [-0.2, 0) is 17.8 Å². The van der Waals surface area contributed by atoms with Crippen molar-refractivity contribution in [2.45, 2.75) is 32.3 Å². The van der Waals surface area contributed by atoms with Crippen LogP contribution >= 0.6 is 0 Å². The molecule has 2 heterocycles. The van der Waals surface area contributed by atoms with Gasteiger partial charge in [-0.05, 0) is 42.9 Å². The average molecular weight is 217 g/mol. The van der Waals surface area contributed by atoms with Crippen LogP contribution in [0.2, 0.25) is 0 Å². The van der Waals surface area contributed by atoms with Gasteiger partial charge in [-0.2, -0.15) is 0 Å². The van der Waals surface area contributed by atoms with E-state index in [4.69, 9.17) is 4.74 Å². The minimum absolute atomic E-state index is 0.803. The third kappa shape index (κ3) is 1.82. The predicted octanol–water partition coefficient (Wildman–Crippen LogP) is 2.75. The molecule has 1 fully saturated rings. The first-order chi connectivity index (χ1) is 7.95. The maximum absolute atomic E-state index is 5.52. The standard InChI is InChI=1S/C14H19NO/c1-2-8-15(9-3-1)14-6-4-5-12-11-16-10-7-13(12)14/h4-6H,1-3,7-11H2. The number of ether oxygens (including phenoxy) is 1. The highest BCUT2D eigenvalue weighted by atomic mass is 16.5. The third-order valence-electron chi connectivity index (χ3n) is 3.70. The molecule has 16 heavy (non-hydrogen) atoms. The van der Waals surface area contributed by atoms with Crippen LogP contribution in [0.4, 0.5) is 5.69 Å². The van der Waals surface area contributed by atoms with Gasteiger partial charge >= 0.3 is 0 Å². The molecule has 1 aromatic carbocycles. The molecule has 0 atom stereocenters. The van der Waals surface area contributed by atoms with Gasteiger partial charge in [0.25, 0.3) is 0 Å². The van der Waals surface area contributed by atoms with Gasteiger partial charge in [0.05, 0.1) is 13.2 Å². The Balaban J connectivity index is 1.93. The first-order valence-corrected chi connectivity index (χ1v) is 6.38. The van der Waals surface area contributed by atoms with E-state index in [2.05, 4.69) is 23.1 Å². The Morgan fingerprint density at radius 1 is 1.06 bits per heavy atom. The lowest BCUT2D eigenvalue weighted by Crippen LogP contribution is -2.31. The second-order valence-corrected chi connectivity index (χ2v) is 4.77. The summed E-state index contributed by atoms with van der Waals surface area (Å²) in [6, 6.07) is 6.68. The zero-order valence-corrected chi connectivity index (χ0v) is 9.74. The van der Waals surface area contributed by atoms with E-state index in [1.54, 1.807) is 0 Å². The normalized spacial score (nSPS) is 20.6. The van der Waals surface area contributed by atoms with Crippen molar-refractivity contribution in [1.29, 1.82) is 0 Å². The number of benzene rings is 1. The molecule has 0 aromatic heterocycles. The van der Waals surface area contributed by atoms with Crippen molar-refractivity contribution < 1.29 is 4.74 Å². The van der Waals surface area contributed by atoms with Gasteiger partial charge < -0.3 is 9.64 Å². The summed E-state index contributed by atoms with van der Waals surface area (Å²) in [5.74, 6) is 0. The van der Waals surface area contributed by atoms with Crippen molar-refractivity contribution in [2.75, 3.05) is 24.6 Å². The molecule has 0 N–H and O–H groups in total. The van der Waals surface area contributed by atoms with Crippen molar-refractivity contribution in [3.63, 3.8) is 0 Å². The van der Waals surface area contributed by atoms with Gasteiger partial charge in [-0.3, -0.25) is 0 Å². The average Bonchev–Trinajstić information content (AvgIpc) is 2.39. The molecule has 2 nitrogen and oxygen atoms in total.